The average molecular weight is 183 g/mol. The Kier molecular flexibility index (Phi) is 2.04. The molecule has 0 bridgehead atoms. The van der Waals surface area contributed by atoms with Gasteiger partial charge in [0.2, 0.25) is 5.91 Å². The van der Waals surface area contributed by atoms with Crippen molar-refractivity contribution in [1.82, 2.24) is 10.6 Å². The van der Waals surface area contributed by atoms with E-state index in [-0.39, 0.29) is 17.9 Å². The molecule has 2 rings (SSSR count). The van der Waals surface area contributed by atoms with Gasteiger partial charge in [-0.05, 0) is 13.3 Å². The molecule has 1 saturated heterocycles. The summed E-state index contributed by atoms with van der Waals surface area (Å²) < 4.78 is 0. The van der Waals surface area contributed by atoms with Gasteiger partial charge in [-0.1, -0.05) is 0 Å². The molecule has 1 aliphatic carbocycles. The predicted molar refractivity (Wildman–Crippen MR) is 50.1 cm³/mol. The third-order valence-corrected chi connectivity index (χ3v) is 3.06. The molecule has 2 unspecified atom stereocenters. The Hall–Kier alpha value is -0.610. The summed E-state index contributed by atoms with van der Waals surface area (Å²) >= 11 is 0. The molecule has 1 spiro atoms. The van der Waals surface area contributed by atoms with Crippen molar-refractivity contribution < 1.29 is 4.79 Å². The zero-order valence-corrected chi connectivity index (χ0v) is 7.97. The zero-order valence-electron chi connectivity index (χ0n) is 7.97. The molecule has 0 radical (unpaired) electrons. The fourth-order valence-electron chi connectivity index (χ4n) is 1.94. The van der Waals surface area contributed by atoms with E-state index in [4.69, 9.17) is 5.73 Å². The van der Waals surface area contributed by atoms with Crippen LogP contribution >= 0.6 is 0 Å². The summed E-state index contributed by atoms with van der Waals surface area (Å²) in [7, 11) is 0. The second-order valence-corrected chi connectivity index (χ2v) is 4.45. The van der Waals surface area contributed by atoms with Crippen LogP contribution in [0.4, 0.5) is 0 Å². The van der Waals surface area contributed by atoms with Gasteiger partial charge in [-0.25, -0.2) is 0 Å². The molecular formula is C9H17N3O. The van der Waals surface area contributed by atoms with Gasteiger partial charge in [-0.3, -0.25) is 4.79 Å². The molecule has 4 nitrogen and oxygen atoms in total. The second-order valence-electron chi connectivity index (χ2n) is 4.45. The smallest absolute Gasteiger partial charge is 0.223 e. The van der Waals surface area contributed by atoms with E-state index in [1.165, 1.54) is 0 Å². The molecule has 74 valence electrons. The van der Waals surface area contributed by atoms with Crippen LogP contribution in [0.5, 0.6) is 0 Å². The average Bonchev–Trinajstić information content (AvgIpc) is 2.73. The Morgan fingerprint density at radius 1 is 1.77 bits per heavy atom. The van der Waals surface area contributed by atoms with Crippen LogP contribution in [0.3, 0.4) is 0 Å². The molecule has 1 aliphatic heterocycles. The Morgan fingerprint density at radius 3 is 2.85 bits per heavy atom. The van der Waals surface area contributed by atoms with E-state index >= 15 is 0 Å². The van der Waals surface area contributed by atoms with Gasteiger partial charge in [0.05, 0.1) is 0 Å². The van der Waals surface area contributed by atoms with Crippen LogP contribution in [0.1, 0.15) is 13.3 Å². The van der Waals surface area contributed by atoms with Gasteiger partial charge in [0.25, 0.3) is 0 Å². The number of nitrogens with one attached hydrogen (secondary N) is 2. The monoisotopic (exact) mass is 183 g/mol. The molecule has 2 atom stereocenters. The Balaban J connectivity index is 1.74. The highest BCUT2D eigenvalue weighted by atomic mass is 16.2. The summed E-state index contributed by atoms with van der Waals surface area (Å²) in [5.74, 6) is 0.450. The van der Waals surface area contributed by atoms with Crippen molar-refractivity contribution in [1.29, 1.82) is 0 Å². The predicted octanol–water partition coefficient (Wildman–Crippen LogP) is -0.941. The lowest BCUT2D eigenvalue weighted by atomic mass is 9.96. The maximum Gasteiger partial charge on any atom is 0.223 e. The third-order valence-electron chi connectivity index (χ3n) is 3.06. The summed E-state index contributed by atoms with van der Waals surface area (Å²) in [6.45, 7) is 4.53. The van der Waals surface area contributed by atoms with E-state index in [1.54, 1.807) is 0 Å². The SMILES string of the molecule is CC(N)CNC(=O)C1CC12CNC2. The highest BCUT2D eigenvalue weighted by Crippen LogP contribution is 2.55. The maximum absolute atomic E-state index is 11.5. The molecular weight excluding hydrogens is 166 g/mol. The lowest BCUT2D eigenvalue weighted by Crippen LogP contribution is -2.47. The van der Waals surface area contributed by atoms with Crippen molar-refractivity contribution in [3.8, 4) is 0 Å². The van der Waals surface area contributed by atoms with Crippen LogP contribution in [-0.2, 0) is 4.79 Å². The molecule has 2 fully saturated rings. The zero-order chi connectivity index (χ0) is 9.47. The van der Waals surface area contributed by atoms with Gasteiger partial charge in [-0.15, -0.1) is 0 Å². The minimum absolute atomic E-state index is 0.0539. The number of rotatable bonds is 3. The highest BCUT2D eigenvalue weighted by Gasteiger charge is 2.61. The minimum Gasteiger partial charge on any atom is -0.354 e. The molecule has 4 heteroatoms. The Bertz CT molecular complexity index is 223. The Morgan fingerprint density at radius 2 is 2.46 bits per heavy atom. The molecule has 1 amide bonds. The topological polar surface area (TPSA) is 67.1 Å². The fourth-order valence-corrected chi connectivity index (χ4v) is 1.94. The van der Waals surface area contributed by atoms with Crippen LogP contribution in [0.2, 0.25) is 0 Å². The number of amides is 1. The van der Waals surface area contributed by atoms with E-state index in [0.717, 1.165) is 19.5 Å². The summed E-state index contributed by atoms with van der Waals surface area (Å²) in [5.41, 5.74) is 5.88. The number of hydrogen-bond donors (Lipinski definition) is 3. The highest BCUT2D eigenvalue weighted by molar-refractivity contribution is 5.83. The van der Waals surface area contributed by atoms with Crippen molar-refractivity contribution in [2.45, 2.75) is 19.4 Å². The van der Waals surface area contributed by atoms with E-state index in [1.807, 2.05) is 6.92 Å². The van der Waals surface area contributed by atoms with Crippen molar-refractivity contribution >= 4 is 5.91 Å². The summed E-state index contributed by atoms with van der Waals surface area (Å²) in [5, 5.41) is 6.08. The second kappa shape index (κ2) is 2.96. The first-order valence-corrected chi connectivity index (χ1v) is 4.88. The van der Waals surface area contributed by atoms with Crippen LogP contribution in [-0.4, -0.2) is 31.6 Å². The van der Waals surface area contributed by atoms with Gasteiger partial charge in [0.15, 0.2) is 0 Å². The molecule has 0 aromatic rings. The van der Waals surface area contributed by atoms with Gasteiger partial charge in [0, 0.05) is 37.0 Å². The number of hydrogen-bond acceptors (Lipinski definition) is 3. The normalized spacial score (nSPS) is 30.8. The van der Waals surface area contributed by atoms with E-state index in [2.05, 4.69) is 10.6 Å². The molecule has 2 aliphatic rings. The van der Waals surface area contributed by atoms with Gasteiger partial charge in [-0.2, -0.15) is 0 Å². The van der Waals surface area contributed by atoms with Crippen LogP contribution in [0.25, 0.3) is 0 Å². The lowest BCUT2D eigenvalue weighted by molar-refractivity contribution is -0.123. The first-order valence-electron chi connectivity index (χ1n) is 4.88. The van der Waals surface area contributed by atoms with Crippen molar-refractivity contribution in [3.63, 3.8) is 0 Å². The molecule has 0 aromatic carbocycles. The lowest BCUT2D eigenvalue weighted by Gasteiger charge is -2.28. The first kappa shape index (κ1) is 8.97. The van der Waals surface area contributed by atoms with E-state index < -0.39 is 0 Å². The van der Waals surface area contributed by atoms with Crippen LogP contribution in [0, 0.1) is 11.3 Å². The summed E-state index contributed by atoms with van der Waals surface area (Å²) in [6.07, 6.45) is 1.06. The van der Waals surface area contributed by atoms with Crippen LogP contribution in [0.15, 0.2) is 0 Å². The minimum atomic E-state index is 0.0539. The first-order chi connectivity index (χ1) is 6.14. The largest absolute Gasteiger partial charge is 0.354 e. The van der Waals surface area contributed by atoms with E-state index in [9.17, 15) is 4.79 Å². The van der Waals surface area contributed by atoms with Gasteiger partial charge < -0.3 is 16.4 Å². The summed E-state index contributed by atoms with van der Waals surface area (Å²) in [6, 6.07) is 0.0539. The quantitative estimate of drug-likeness (QED) is 0.529. The molecule has 4 N–H and O–H groups in total. The molecule has 1 heterocycles. The third kappa shape index (κ3) is 1.56. The maximum atomic E-state index is 11.5. The molecule has 13 heavy (non-hydrogen) atoms. The molecule has 0 aromatic heterocycles. The standard InChI is InChI=1S/C9H17N3O/c1-6(10)3-12-8(13)7-2-9(7)4-11-5-9/h6-7,11H,2-5,10H2,1H3,(H,12,13). The van der Waals surface area contributed by atoms with Crippen LogP contribution < -0.4 is 16.4 Å². The number of carbonyl (C=O) groups is 1. The van der Waals surface area contributed by atoms with Crippen molar-refractivity contribution in [3.05, 3.63) is 0 Å². The van der Waals surface area contributed by atoms with Gasteiger partial charge in [0.1, 0.15) is 0 Å². The number of nitrogens with two attached hydrogens (primary N) is 1. The Labute approximate surface area is 78.2 Å². The number of carbonyl (C=O) groups excluding carboxylic acids is 1. The van der Waals surface area contributed by atoms with Gasteiger partial charge >= 0.3 is 0 Å². The summed E-state index contributed by atoms with van der Waals surface area (Å²) in [4.78, 5) is 11.5. The van der Waals surface area contributed by atoms with E-state index in [0.29, 0.717) is 12.0 Å². The van der Waals surface area contributed by atoms with Crippen molar-refractivity contribution in [2.24, 2.45) is 17.1 Å². The molecule has 1 saturated carbocycles. The fraction of sp³-hybridized carbons (Fsp3) is 0.889. The van der Waals surface area contributed by atoms with Crippen molar-refractivity contribution in [2.75, 3.05) is 19.6 Å².